The molecule has 5 nitrogen and oxygen atoms in total. The molecule has 1 fully saturated rings. The summed E-state index contributed by atoms with van der Waals surface area (Å²) in [5, 5.41) is 27.5. The third-order valence-corrected chi connectivity index (χ3v) is 6.97. The Hall–Kier alpha value is -2.35. The Morgan fingerprint density at radius 2 is 1.74 bits per heavy atom. The quantitative estimate of drug-likeness (QED) is 0.451. The van der Waals surface area contributed by atoms with Gasteiger partial charge in [0, 0.05) is 25.1 Å². The fourth-order valence-corrected chi connectivity index (χ4v) is 4.92. The number of hydrogen-bond donors (Lipinski definition) is 4. The molecule has 3 rings (SSSR count). The molecule has 0 radical (unpaired) electrons. The lowest BCUT2D eigenvalue weighted by Gasteiger charge is -2.42. The molecule has 0 unspecified atom stereocenters. The van der Waals surface area contributed by atoms with Gasteiger partial charge in [-0.2, -0.15) is 0 Å². The van der Waals surface area contributed by atoms with Gasteiger partial charge in [0.1, 0.15) is 11.6 Å². The average Bonchev–Trinajstić information content (AvgIpc) is 2.77. The molecule has 0 spiro atoms. The van der Waals surface area contributed by atoms with Crippen molar-refractivity contribution in [3.63, 3.8) is 0 Å². The van der Waals surface area contributed by atoms with Crippen LogP contribution in [0, 0.1) is 11.6 Å². The number of amides is 1. The van der Waals surface area contributed by atoms with Gasteiger partial charge in [0.25, 0.3) is 0 Å². The first-order valence-electron chi connectivity index (χ1n) is 12.3. The van der Waals surface area contributed by atoms with E-state index in [2.05, 4.69) is 49.6 Å². The molecule has 0 aliphatic heterocycles. The van der Waals surface area contributed by atoms with E-state index in [1.165, 1.54) is 24.6 Å². The molecule has 1 aliphatic rings. The molecule has 0 saturated heterocycles. The molecular weight excluding hydrogens is 450 g/mol. The van der Waals surface area contributed by atoms with Crippen LogP contribution in [0.5, 0.6) is 0 Å². The summed E-state index contributed by atoms with van der Waals surface area (Å²) in [6, 6.07) is 10.9. The number of aliphatic hydroxyl groups is 2. The van der Waals surface area contributed by atoms with Crippen molar-refractivity contribution in [2.45, 2.75) is 89.0 Å². The van der Waals surface area contributed by atoms with Crippen LogP contribution in [0.1, 0.15) is 70.1 Å². The first-order chi connectivity index (χ1) is 16.4. The van der Waals surface area contributed by atoms with Gasteiger partial charge in [-0.3, -0.25) is 4.79 Å². The standard InChI is InChI=1S/C28H38F2N2O3/c1-18(33)32-25(14-19-12-22(29)16-23(30)13-19)26(35)17-31-28(10-8-24(34)9-11-28)21-7-5-6-20(15-21)27(2,3)4/h5-7,12-13,15-16,24-26,31,34-35H,8-11,14,17H2,1-4H3,(H,32,33)/t24?,25-,26-,28?/m0/s1. The zero-order valence-corrected chi connectivity index (χ0v) is 21.1. The van der Waals surface area contributed by atoms with E-state index >= 15 is 0 Å². The SMILES string of the molecule is CC(=O)N[C@@H](Cc1cc(F)cc(F)c1)[C@@H](O)CNC1(c2cccc(C(C)(C)C)c2)CCC(O)CC1. The van der Waals surface area contributed by atoms with Crippen molar-refractivity contribution >= 4 is 5.91 Å². The minimum atomic E-state index is -1.00. The molecule has 1 aliphatic carbocycles. The first kappa shape index (κ1) is 27.2. The third-order valence-electron chi connectivity index (χ3n) is 6.97. The van der Waals surface area contributed by atoms with Crippen LogP contribution in [0.3, 0.4) is 0 Å². The first-order valence-corrected chi connectivity index (χ1v) is 12.3. The van der Waals surface area contributed by atoms with E-state index in [1.807, 2.05) is 6.07 Å². The predicted molar refractivity (Wildman–Crippen MR) is 133 cm³/mol. The maximum absolute atomic E-state index is 13.7. The van der Waals surface area contributed by atoms with E-state index in [4.69, 9.17) is 0 Å². The number of halogens is 2. The highest BCUT2D eigenvalue weighted by Gasteiger charge is 2.37. The summed E-state index contributed by atoms with van der Waals surface area (Å²) in [6.45, 7) is 8.00. The zero-order valence-electron chi connectivity index (χ0n) is 21.1. The molecule has 2 atom stereocenters. The van der Waals surface area contributed by atoms with Crippen LogP contribution in [0.4, 0.5) is 8.78 Å². The van der Waals surface area contributed by atoms with Crippen molar-refractivity contribution in [1.29, 1.82) is 0 Å². The van der Waals surface area contributed by atoms with Gasteiger partial charge in [-0.05, 0) is 66.3 Å². The van der Waals surface area contributed by atoms with E-state index in [0.29, 0.717) is 31.2 Å². The van der Waals surface area contributed by atoms with Gasteiger partial charge in [-0.15, -0.1) is 0 Å². The lowest BCUT2D eigenvalue weighted by molar-refractivity contribution is -0.120. The fraction of sp³-hybridized carbons (Fsp3) is 0.536. The highest BCUT2D eigenvalue weighted by Crippen LogP contribution is 2.39. The van der Waals surface area contributed by atoms with E-state index in [1.54, 1.807) is 0 Å². The lowest BCUT2D eigenvalue weighted by atomic mass is 9.74. The van der Waals surface area contributed by atoms with Crippen molar-refractivity contribution in [3.05, 3.63) is 70.8 Å². The normalized spacial score (nSPS) is 22.5. The van der Waals surface area contributed by atoms with Gasteiger partial charge in [0.2, 0.25) is 5.91 Å². The van der Waals surface area contributed by atoms with Crippen LogP contribution in [-0.4, -0.2) is 40.9 Å². The number of nitrogens with one attached hydrogen (secondary N) is 2. The molecule has 1 amide bonds. The molecule has 0 bridgehead atoms. The molecule has 0 heterocycles. The Kier molecular flexibility index (Phi) is 8.67. The zero-order chi connectivity index (χ0) is 25.8. The van der Waals surface area contributed by atoms with Crippen molar-refractivity contribution in [1.82, 2.24) is 10.6 Å². The molecule has 192 valence electrons. The van der Waals surface area contributed by atoms with Crippen molar-refractivity contribution < 1.29 is 23.8 Å². The van der Waals surface area contributed by atoms with Gasteiger partial charge < -0.3 is 20.8 Å². The third kappa shape index (κ3) is 7.32. The van der Waals surface area contributed by atoms with Crippen molar-refractivity contribution in [3.8, 4) is 0 Å². The number of carbonyl (C=O) groups excluding carboxylic acids is 1. The molecule has 0 aromatic heterocycles. The number of aliphatic hydroxyl groups excluding tert-OH is 2. The second-order valence-corrected chi connectivity index (χ2v) is 10.9. The largest absolute Gasteiger partial charge is 0.393 e. The van der Waals surface area contributed by atoms with Crippen LogP contribution in [0.2, 0.25) is 0 Å². The van der Waals surface area contributed by atoms with Gasteiger partial charge >= 0.3 is 0 Å². The minimum Gasteiger partial charge on any atom is -0.393 e. The number of rotatable bonds is 8. The van der Waals surface area contributed by atoms with E-state index in [0.717, 1.165) is 11.6 Å². The highest BCUT2D eigenvalue weighted by atomic mass is 19.1. The van der Waals surface area contributed by atoms with Crippen molar-refractivity contribution in [2.24, 2.45) is 0 Å². The molecule has 35 heavy (non-hydrogen) atoms. The second-order valence-electron chi connectivity index (χ2n) is 10.9. The minimum absolute atomic E-state index is 0.0262. The summed E-state index contributed by atoms with van der Waals surface area (Å²) < 4.78 is 27.4. The average molecular weight is 489 g/mol. The maximum Gasteiger partial charge on any atom is 0.217 e. The molecule has 2 aromatic carbocycles. The van der Waals surface area contributed by atoms with Gasteiger partial charge in [0.15, 0.2) is 0 Å². The molecule has 2 aromatic rings. The number of carbonyl (C=O) groups is 1. The maximum atomic E-state index is 13.7. The molecule has 1 saturated carbocycles. The smallest absolute Gasteiger partial charge is 0.217 e. The summed E-state index contributed by atoms with van der Waals surface area (Å²) in [5.41, 5.74) is 2.20. The van der Waals surface area contributed by atoms with Crippen LogP contribution in [0.15, 0.2) is 42.5 Å². The fourth-order valence-electron chi connectivity index (χ4n) is 4.92. The Morgan fingerprint density at radius 1 is 1.11 bits per heavy atom. The van der Waals surface area contributed by atoms with Crippen LogP contribution in [-0.2, 0) is 22.2 Å². The molecule has 4 N–H and O–H groups in total. The summed E-state index contributed by atoms with van der Waals surface area (Å²) in [7, 11) is 0. The number of benzene rings is 2. The van der Waals surface area contributed by atoms with Gasteiger partial charge in [-0.1, -0.05) is 45.0 Å². The summed E-state index contributed by atoms with van der Waals surface area (Å²) in [4.78, 5) is 11.8. The van der Waals surface area contributed by atoms with Gasteiger partial charge in [-0.25, -0.2) is 8.78 Å². The van der Waals surface area contributed by atoms with Crippen molar-refractivity contribution in [2.75, 3.05) is 6.54 Å². The Labute approximate surface area is 207 Å². The molecule has 7 heteroatoms. The number of hydrogen-bond acceptors (Lipinski definition) is 4. The van der Waals surface area contributed by atoms with E-state index in [-0.39, 0.29) is 30.4 Å². The summed E-state index contributed by atoms with van der Waals surface area (Å²) in [6.07, 6.45) is 1.42. The monoisotopic (exact) mass is 488 g/mol. The lowest BCUT2D eigenvalue weighted by Crippen LogP contribution is -2.53. The topological polar surface area (TPSA) is 81.6 Å². The van der Waals surface area contributed by atoms with E-state index in [9.17, 15) is 23.8 Å². The van der Waals surface area contributed by atoms with Crippen LogP contribution >= 0.6 is 0 Å². The Morgan fingerprint density at radius 3 is 2.31 bits per heavy atom. The highest BCUT2D eigenvalue weighted by molar-refractivity contribution is 5.73. The van der Waals surface area contributed by atoms with Crippen LogP contribution < -0.4 is 10.6 Å². The summed E-state index contributed by atoms with van der Waals surface area (Å²) in [5.74, 6) is -1.74. The Balaban J connectivity index is 1.82. The van der Waals surface area contributed by atoms with Gasteiger partial charge in [0.05, 0.1) is 18.2 Å². The second kappa shape index (κ2) is 11.1. The summed E-state index contributed by atoms with van der Waals surface area (Å²) >= 11 is 0. The van der Waals surface area contributed by atoms with E-state index < -0.39 is 29.3 Å². The molecular formula is C28H38F2N2O3. The predicted octanol–water partition coefficient (Wildman–Crippen LogP) is 4.09. The Bertz CT molecular complexity index is 993. The van der Waals surface area contributed by atoms with Crippen LogP contribution in [0.25, 0.3) is 0 Å².